The molecule has 16 heavy (non-hydrogen) atoms. The molecule has 0 bridgehead atoms. The molecule has 86 valence electrons. The average molecular weight is 257 g/mol. The summed E-state index contributed by atoms with van der Waals surface area (Å²) in [6.45, 7) is 0. The van der Waals surface area contributed by atoms with Crippen LogP contribution in [0.1, 0.15) is 12.8 Å². The maximum absolute atomic E-state index is 12.0. The Morgan fingerprint density at radius 1 is 1.12 bits per heavy atom. The number of hydrogen-bond donors (Lipinski definition) is 0. The lowest BCUT2D eigenvalue weighted by Crippen LogP contribution is -2.45. The highest BCUT2D eigenvalue weighted by atomic mass is 32.1. The highest BCUT2D eigenvalue weighted by Gasteiger charge is 2.44. The van der Waals surface area contributed by atoms with Gasteiger partial charge < -0.3 is 0 Å². The van der Waals surface area contributed by atoms with Gasteiger partial charge >= 0.3 is 0 Å². The predicted octanol–water partition coefficient (Wildman–Crippen LogP) is -0.0490. The van der Waals surface area contributed by atoms with Gasteiger partial charge in [-0.15, -0.1) is 0 Å². The summed E-state index contributed by atoms with van der Waals surface area (Å²) in [5.41, 5.74) is 0. The van der Waals surface area contributed by atoms with Crippen molar-refractivity contribution in [3.05, 3.63) is 0 Å². The lowest BCUT2D eigenvalue weighted by molar-refractivity contribution is -0.134. The SMILES string of the molecule is CN1C(=O)C2CCC(=O)N2C(=S)N(C)C1=S. The summed E-state index contributed by atoms with van der Waals surface area (Å²) in [7, 11) is 3.28. The van der Waals surface area contributed by atoms with Crippen LogP contribution in [0.5, 0.6) is 0 Å². The van der Waals surface area contributed by atoms with E-state index in [1.54, 1.807) is 14.1 Å². The Labute approximate surface area is 104 Å². The van der Waals surface area contributed by atoms with E-state index in [4.69, 9.17) is 24.4 Å². The lowest BCUT2D eigenvalue weighted by atomic mass is 10.2. The van der Waals surface area contributed by atoms with Crippen LogP contribution in [-0.4, -0.2) is 56.9 Å². The summed E-state index contributed by atoms with van der Waals surface area (Å²) in [6.07, 6.45) is 0.879. The normalized spacial score (nSPS) is 26.4. The lowest BCUT2D eigenvalue weighted by Gasteiger charge is -2.25. The van der Waals surface area contributed by atoms with Gasteiger partial charge in [-0.25, -0.2) is 0 Å². The Kier molecular flexibility index (Phi) is 2.67. The van der Waals surface area contributed by atoms with Crippen molar-refractivity contribution in [2.75, 3.05) is 14.1 Å². The van der Waals surface area contributed by atoms with Crippen LogP contribution in [0.25, 0.3) is 0 Å². The second-order valence-electron chi connectivity index (χ2n) is 3.84. The smallest absolute Gasteiger partial charge is 0.251 e. The first kappa shape index (κ1) is 11.4. The molecule has 2 aliphatic rings. The van der Waals surface area contributed by atoms with Crippen LogP contribution in [0.2, 0.25) is 0 Å². The Hall–Kier alpha value is -1.08. The molecule has 0 spiro atoms. The van der Waals surface area contributed by atoms with Gasteiger partial charge in [0.15, 0.2) is 10.2 Å². The molecule has 7 heteroatoms. The van der Waals surface area contributed by atoms with Crippen LogP contribution in [0.3, 0.4) is 0 Å². The zero-order valence-corrected chi connectivity index (χ0v) is 10.6. The van der Waals surface area contributed by atoms with Gasteiger partial charge in [-0.3, -0.25) is 24.3 Å². The number of rotatable bonds is 0. The van der Waals surface area contributed by atoms with E-state index >= 15 is 0 Å². The third kappa shape index (κ3) is 1.42. The van der Waals surface area contributed by atoms with Crippen LogP contribution < -0.4 is 0 Å². The molecule has 1 unspecified atom stereocenters. The molecule has 0 N–H and O–H groups in total. The molecule has 2 heterocycles. The fourth-order valence-corrected chi connectivity index (χ4v) is 2.49. The van der Waals surface area contributed by atoms with E-state index in [-0.39, 0.29) is 11.8 Å². The molecule has 2 amide bonds. The third-order valence-corrected chi connectivity index (χ3v) is 3.91. The van der Waals surface area contributed by atoms with Crippen molar-refractivity contribution in [3.8, 4) is 0 Å². The monoisotopic (exact) mass is 257 g/mol. The summed E-state index contributed by atoms with van der Waals surface area (Å²) in [5.74, 6) is -0.268. The van der Waals surface area contributed by atoms with Crippen LogP contribution in [0.15, 0.2) is 0 Å². The summed E-state index contributed by atoms with van der Waals surface area (Å²) in [4.78, 5) is 28.0. The van der Waals surface area contributed by atoms with E-state index in [0.717, 1.165) is 0 Å². The molecule has 0 radical (unpaired) electrons. The Balaban J connectivity index is 2.46. The van der Waals surface area contributed by atoms with Gasteiger partial charge in [0.2, 0.25) is 5.91 Å². The minimum atomic E-state index is -0.479. The van der Waals surface area contributed by atoms with Crippen LogP contribution >= 0.6 is 24.4 Å². The average Bonchev–Trinajstić information content (AvgIpc) is 2.63. The molecule has 5 nitrogen and oxygen atoms in total. The van der Waals surface area contributed by atoms with E-state index in [9.17, 15) is 9.59 Å². The molecular formula is C9H11N3O2S2. The van der Waals surface area contributed by atoms with Gasteiger partial charge in [-0.1, -0.05) is 0 Å². The van der Waals surface area contributed by atoms with Crippen molar-refractivity contribution in [1.82, 2.24) is 14.7 Å². The fraction of sp³-hybridized carbons (Fsp3) is 0.556. The Morgan fingerprint density at radius 3 is 2.38 bits per heavy atom. The summed E-state index contributed by atoms with van der Waals surface area (Å²) < 4.78 is 0. The van der Waals surface area contributed by atoms with Crippen molar-refractivity contribution >= 4 is 46.5 Å². The second kappa shape index (κ2) is 3.74. The molecule has 0 aromatic carbocycles. The molecule has 2 saturated heterocycles. The number of carbonyl (C=O) groups is 2. The zero-order valence-electron chi connectivity index (χ0n) is 8.97. The summed E-state index contributed by atoms with van der Waals surface area (Å²) >= 11 is 10.3. The van der Waals surface area contributed by atoms with Crippen LogP contribution in [-0.2, 0) is 9.59 Å². The first-order chi connectivity index (χ1) is 7.45. The molecule has 2 aliphatic heterocycles. The topological polar surface area (TPSA) is 43.9 Å². The van der Waals surface area contributed by atoms with Crippen molar-refractivity contribution in [2.45, 2.75) is 18.9 Å². The first-order valence-corrected chi connectivity index (χ1v) is 5.68. The van der Waals surface area contributed by atoms with E-state index in [1.165, 1.54) is 14.7 Å². The fourth-order valence-electron chi connectivity index (χ4n) is 1.94. The van der Waals surface area contributed by atoms with Gasteiger partial charge in [0, 0.05) is 20.5 Å². The second-order valence-corrected chi connectivity index (χ2v) is 4.57. The number of carbonyl (C=O) groups excluding carboxylic acids is 2. The number of nitrogens with zero attached hydrogens (tertiary/aromatic N) is 3. The van der Waals surface area contributed by atoms with Gasteiger partial charge in [0.25, 0.3) is 5.91 Å². The largest absolute Gasteiger partial charge is 0.298 e. The van der Waals surface area contributed by atoms with Gasteiger partial charge in [0.05, 0.1) is 0 Å². The quantitative estimate of drug-likeness (QED) is 0.569. The van der Waals surface area contributed by atoms with Gasteiger partial charge in [-0.2, -0.15) is 0 Å². The first-order valence-electron chi connectivity index (χ1n) is 4.86. The summed E-state index contributed by atoms with van der Waals surface area (Å²) in [5, 5.41) is 0.646. The maximum atomic E-state index is 12.0. The molecule has 0 aliphatic carbocycles. The number of thiocarbonyl (C=S) groups is 2. The molecular weight excluding hydrogens is 246 g/mol. The van der Waals surface area contributed by atoms with E-state index in [0.29, 0.717) is 23.1 Å². The zero-order chi connectivity index (χ0) is 12.0. The summed E-state index contributed by atoms with van der Waals surface area (Å²) in [6, 6.07) is -0.479. The van der Waals surface area contributed by atoms with Crippen molar-refractivity contribution in [1.29, 1.82) is 0 Å². The van der Waals surface area contributed by atoms with E-state index in [2.05, 4.69) is 0 Å². The van der Waals surface area contributed by atoms with Crippen molar-refractivity contribution < 1.29 is 9.59 Å². The Bertz CT molecular complexity index is 410. The number of fused-ring (bicyclic) bond motifs is 1. The minimum absolute atomic E-state index is 0.103. The number of likely N-dealkylation sites (N-methyl/N-ethyl adjacent to an activating group) is 1. The molecule has 2 rings (SSSR count). The predicted molar refractivity (Wildman–Crippen MR) is 65.6 cm³/mol. The molecule has 0 aromatic heterocycles. The van der Waals surface area contributed by atoms with Crippen LogP contribution in [0, 0.1) is 0 Å². The molecule has 0 aromatic rings. The molecule has 0 saturated carbocycles. The minimum Gasteiger partial charge on any atom is -0.298 e. The Morgan fingerprint density at radius 2 is 1.75 bits per heavy atom. The highest BCUT2D eigenvalue weighted by molar-refractivity contribution is 7.81. The van der Waals surface area contributed by atoms with Gasteiger partial charge in [0.1, 0.15) is 6.04 Å². The standard InChI is InChI=1S/C9H11N3O2S2/c1-10-7(14)5-3-4-6(13)12(5)9(16)11(2)8(10)15/h5H,3-4H2,1-2H3. The highest BCUT2D eigenvalue weighted by Crippen LogP contribution is 2.25. The van der Waals surface area contributed by atoms with E-state index in [1.807, 2.05) is 0 Å². The number of amides is 2. The maximum Gasteiger partial charge on any atom is 0.251 e. The third-order valence-electron chi connectivity index (χ3n) is 2.89. The van der Waals surface area contributed by atoms with Gasteiger partial charge in [-0.05, 0) is 30.9 Å². The van der Waals surface area contributed by atoms with Crippen molar-refractivity contribution in [2.24, 2.45) is 0 Å². The molecule has 1 atom stereocenters. The van der Waals surface area contributed by atoms with E-state index < -0.39 is 6.04 Å². The number of hydrogen-bond acceptors (Lipinski definition) is 4. The van der Waals surface area contributed by atoms with Crippen molar-refractivity contribution in [3.63, 3.8) is 0 Å². The van der Waals surface area contributed by atoms with Crippen LogP contribution in [0.4, 0.5) is 0 Å². The molecule has 2 fully saturated rings.